The van der Waals surface area contributed by atoms with Crippen LogP contribution in [0.3, 0.4) is 0 Å². The van der Waals surface area contributed by atoms with Crippen molar-refractivity contribution in [3.63, 3.8) is 0 Å². The Labute approximate surface area is 385 Å². The maximum absolute atomic E-state index is 12.4. The van der Waals surface area contributed by atoms with Gasteiger partial charge in [-0.2, -0.15) is 0 Å². The fraction of sp³-hybridized carbons (Fsp3) is 0.857. The van der Waals surface area contributed by atoms with Crippen LogP contribution in [0.2, 0.25) is 0 Å². The molecule has 0 spiro atoms. The number of hydrogen-bond acceptors (Lipinski definition) is 5. The molecule has 0 radical (unpaired) electrons. The molecule has 0 saturated heterocycles. The smallest absolute Gasteiger partial charge is 0.305 e. The molecule has 3 N–H and O–H groups in total. The molecule has 0 rings (SSSR count). The van der Waals surface area contributed by atoms with E-state index in [2.05, 4.69) is 43.5 Å². The molecule has 2 unspecified atom stereocenters. The van der Waals surface area contributed by atoms with Gasteiger partial charge in [-0.1, -0.05) is 237 Å². The average molecular weight is 872 g/mol. The second-order valence-electron chi connectivity index (χ2n) is 18.6. The Hall–Kier alpha value is -1.92. The highest BCUT2D eigenvalue weighted by Gasteiger charge is 2.18. The molecule has 0 aliphatic heterocycles. The van der Waals surface area contributed by atoms with Crippen molar-refractivity contribution in [1.82, 2.24) is 5.32 Å². The molecule has 6 heteroatoms. The zero-order valence-corrected chi connectivity index (χ0v) is 41.4. The van der Waals surface area contributed by atoms with E-state index in [0.29, 0.717) is 19.4 Å². The highest BCUT2D eigenvalue weighted by Crippen LogP contribution is 2.16. The summed E-state index contributed by atoms with van der Waals surface area (Å²) in [4.78, 5) is 24.4. The van der Waals surface area contributed by atoms with E-state index in [0.717, 1.165) is 83.5 Å². The van der Waals surface area contributed by atoms with Gasteiger partial charge in [0.1, 0.15) is 0 Å². The lowest BCUT2D eigenvalue weighted by Gasteiger charge is -2.20. The van der Waals surface area contributed by atoms with E-state index in [-0.39, 0.29) is 18.5 Å². The highest BCUT2D eigenvalue weighted by molar-refractivity contribution is 5.76. The van der Waals surface area contributed by atoms with Crippen molar-refractivity contribution in [1.29, 1.82) is 0 Å². The Bertz CT molecular complexity index is 1010. The quantitative estimate of drug-likeness (QED) is 0.0321. The summed E-state index contributed by atoms with van der Waals surface area (Å²) in [6.45, 7) is 4.83. The molecular weight excluding hydrogens is 767 g/mol. The predicted molar refractivity (Wildman–Crippen MR) is 269 cm³/mol. The first-order chi connectivity index (χ1) is 30.5. The van der Waals surface area contributed by atoms with Crippen LogP contribution in [0, 0.1) is 0 Å². The number of carbonyl (C=O) groups excluding carboxylic acids is 2. The van der Waals surface area contributed by atoms with Gasteiger partial charge in [0.25, 0.3) is 0 Å². The summed E-state index contributed by atoms with van der Waals surface area (Å²) in [5.41, 5.74) is 0. The van der Waals surface area contributed by atoms with Crippen LogP contribution in [0.25, 0.3) is 0 Å². The van der Waals surface area contributed by atoms with E-state index in [9.17, 15) is 19.8 Å². The molecule has 62 heavy (non-hydrogen) atoms. The van der Waals surface area contributed by atoms with Gasteiger partial charge in [-0.25, -0.2) is 0 Å². The lowest BCUT2D eigenvalue weighted by atomic mass is 10.0. The molecule has 0 aromatic heterocycles. The first kappa shape index (κ1) is 60.1. The monoisotopic (exact) mass is 872 g/mol. The number of rotatable bonds is 50. The number of unbranched alkanes of at least 4 members (excludes halogenated alkanes) is 35. The molecule has 0 saturated carbocycles. The normalized spacial score (nSPS) is 12.9. The summed E-state index contributed by atoms with van der Waals surface area (Å²) < 4.78 is 5.46. The number of amides is 1. The van der Waals surface area contributed by atoms with Crippen LogP contribution in [0.5, 0.6) is 0 Å². The second kappa shape index (κ2) is 51.7. The number of ether oxygens (including phenoxy) is 1. The Morgan fingerprint density at radius 3 is 1.23 bits per heavy atom. The molecule has 6 nitrogen and oxygen atoms in total. The third-order valence-corrected chi connectivity index (χ3v) is 12.4. The topological polar surface area (TPSA) is 95.9 Å². The summed E-state index contributed by atoms with van der Waals surface area (Å²) in [5, 5.41) is 22.9. The van der Waals surface area contributed by atoms with Crippen molar-refractivity contribution in [3.05, 3.63) is 36.5 Å². The number of aliphatic hydroxyl groups excluding tert-OH is 2. The van der Waals surface area contributed by atoms with Crippen molar-refractivity contribution in [2.24, 2.45) is 0 Å². The van der Waals surface area contributed by atoms with Crippen molar-refractivity contribution < 1.29 is 24.5 Å². The van der Waals surface area contributed by atoms with Gasteiger partial charge < -0.3 is 20.3 Å². The van der Waals surface area contributed by atoms with Crippen molar-refractivity contribution in [2.75, 3.05) is 13.2 Å². The maximum Gasteiger partial charge on any atom is 0.305 e. The van der Waals surface area contributed by atoms with Crippen LogP contribution >= 0.6 is 0 Å². The number of allylic oxidation sites excluding steroid dienone is 5. The molecule has 0 bridgehead atoms. The minimum absolute atomic E-state index is 0.0124. The minimum Gasteiger partial charge on any atom is -0.466 e. The van der Waals surface area contributed by atoms with Crippen LogP contribution < -0.4 is 5.32 Å². The van der Waals surface area contributed by atoms with Gasteiger partial charge >= 0.3 is 5.97 Å². The van der Waals surface area contributed by atoms with Gasteiger partial charge in [-0.3, -0.25) is 9.59 Å². The Kier molecular flexibility index (Phi) is 50.1. The fourth-order valence-corrected chi connectivity index (χ4v) is 8.19. The van der Waals surface area contributed by atoms with Gasteiger partial charge in [-0.15, -0.1) is 0 Å². The standard InChI is InChI=1S/C56H105NO5/c1-3-5-7-9-11-13-14-15-16-17-18-21-24-27-30-34-38-42-46-50-56(61)62-51-47-43-39-35-31-28-25-22-19-20-23-26-29-33-37-41-45-49-55(60)57-53(52-58)54(59)48-44-40-36-32-12-10-8-6-4-2/h19,22,28,31,44,48,53-54,58-59H,3-18,20-21,23-27,29-30,32-43,45-47,49-52H2,1-2H3,(H,57,60)/b22-19-,31-28-,48-44+. The van der Waals surface area contributed by atoms with E-state index >= 15 is 0 Å². The summed E-state index contributed by atoms with van der Waals surface area (Å²) >= 11 is 0. The van der Waals surface area contributed by atoms with Gasteiger partial charge in [0.2, 0.25) is 5.91 Å². The van der Waals surface area contributed by atoms with Gasteiger partial charge in [-0.05, 0) is 70.6 Å². The van der Waals surface area contributed by atoms with Crippen LogP contribution in [0.15, 0.2) is 36.5 Å². The number of hydrogen-bond donors (Lipinski definition) is 3. The first-order valence-corrected chi connectivity index (χ1v) is 27.3. The Balaban J connectivity index is 3.46. The third kappa shape index (κ3) is 47.6. The van der Waals surface area contributed by atoms with Crippen molar-refractivity contribution in [3.8, 4) is 0 Å². The maximum atomic E-state index is 12.4. The van der Waals surface area contributed by atoms with Crippen molar-refractivity contribution >= 4 is 11.9 Å². The van der Waals surface area contributed by atoms with Crippen LogP contribution in [0.1, 0.15) is 284 Å². The molecule has 0 aliphatic carbocycles. The predicted octanol–water partition coefficient (Wildman–Crippen LogP) is 16.5. The molecule has 1 amide bonds. The first-order valence-electron chi connectivity index (χ1n) is 27.3. The molecule has 0 fully saturated rings. The van der Waals surface area contributed by atoms with Crippen LogP contribution in [-0.4, -0.2) is 47.4 Å². The number of carbonyl (C=O) groups is 2. The minimum atomic E-state index is -0.853. The summed E-state index contributed by atoms with van der Waals surface area (Å²) in [5.74, 6) is -0.0997. The molecule has 364 valence electrons. The van der Waals surface area contributed by atoms with Gasteiger partial charge in [0.05, 0.1) is 25.4 Å². The molecule has 2 atom stereocenters. The molecular formula is C56H105NO5. The Morgan fingerprint density at radius 2 is 0.806 bits per heavy atom. The third-order valence-electron chi connectivity index (χ3n) is 12.4. The largest absolute Gasteiger partial charge is 0.466 e. The lowest BCUT2D eigenvalue weighted by Crippen LogP contribution is -2.45. The van der Waals surface area contributed by atoms with E-state index in [1.807, 2.05) is 6.08 Å². The van der Waals surface area contributed by atoms with Gasteiger partial charge in [0, 0.05) is 12.8 Å². The fourth-order valence-electron chi connectivity index (χ4n) is 8.19. The van der Waals surface area contributed by atoms with Crippen molar-refractivity contribution in [2.45, 2.75) is 296 Å². The average Bonchev–Trinajstić information content (AvgIpc) is 3.27. The molecule has 0 aromatic rings. The lowest BCUT2D eigenvalue weighted by molar-refractivity contribution is -0.143. The summed E-state index contributed by atoms with van der Waals surface area (Å²) in [6.07, 6.45) is 63.1. The second-order valence-corrected chi connectivity index (χ2v) is 18.6. The van der Waals surface area contributed by atoms with Crippen LogP contribution in [-0.2, 0) is 14.3 Å². The zero-order valence-electron chi connectivity index (χ0n) is 41.4. The van der Waals surface area contributed by atoms with E-state index in [4.69, 9.17) is 4.74 Å². The van der Waals surface area contributed by atoms with E-state index < -0.39 is 12.1 Å². The van der Waals surface area contributed by atoms with E-state index in [1.54, 1.807) is 6.08 Å². The van der Waals surface area contributed by atoms with Crippen LogP contribution in [0.4, 0.5) is 0 Å². The SMILES string of the molecule is CCCCCCCCC/C=C/C(O)C(CO)NC(=O)CCCCCCCCC/C=C\C/C=C\CCCCCOC(=O)CCCCCCCCCCCCCCCCCCCCC. The highest BCUT2D eigenvalue weighted by atomic mass is 16.5. The molecule has 0 aliphatic rings. The summed E-state index contributed by atoms with van der Waals surface area (Å²) in [6, 6.07) is -0.638. The molecule has 0 aromatic carbocycles. The molecule has 0 heterocycles. The summed E-state index contributed by atoms with van der Waals surface area (Å²) in [7, 11) is 0. The number of esters is 1. The number of nitrogens with one attached hydrogen (secondary N) is 1. The number of aliphatic hydroxyl groups is 2. The van der Waals surface area contributed by atoms with E-state index in [1.165, 1.54) is 173 Å². The zero-order chi connectivity index (χ0) is 45.1. The Morgan fingerprint density at radius 1 is 0.452 bits per heavy atom. The van der Waals surface area contributed by atoms with Gasteiger partial charge in [0.15, 0.2) is 0 Å².